The van der Waals surface area contributed by atoms with Crippen LogP contribution in [0, 0.1) is 19.7 Å². The summed E-state index contributed by atoms with van der Waals surface area (Å²) in [6, 6.07) is 11.1. The smallest absolute Gasteiger partial charge is 0.142 e. The van der Waals surface area contributed by atoms with Crippen molar-refractivity contribution >= 4 is 27.5 Å². The lowest BCUT2D eigenvalue weighted by atomic mass is 10.0. The van der Waals surface area contributed by atoms with Gasteiger partial charge in [0.25, 0.3) is 0 Å². The monoisotopic (exact) mass is 326 g/mol. The van der Waals surface area contributed by atoms with Gasteiger partial charge in [0.15, 0.2) is 0 Å². The van der Waals surface area contributed by atoms with Crippen molar-refractivity contribution in [2.24, 2.45) is 0 Å². The Morgan fingerprint density at radius 2 is 1.61 bits per heavy atom. The third kappa shape index (κ3) is 2.76. The van der Waals surface area contributed by atoms with E-state index >= 15 is 0 Å². The highest BCUT2D eigenvalue weighted by molar-refractivity contribution is 9.09. The zero-order chi connectivity index (χ0) is 13.3. The molecular formula is C15H13BrClF. The van der Waals surface area contributed by atoms with E-state index in [1.165, 1.54) is 17.2 Å². The van der Waals surface area contributed by atoms with Crippen LogP contribution in [0.2, 0.25) is 5.02 Å². The van der Waals surface area contributed by atoms with E-state index in [0.717, 1.165) is 11.1 Å². The molecule has 0 aliphatic rings. The van der Waals surface area contributed by atoms with Crippen molar-refractivity contribution in [1.82, 2.24) is 0 Å². The van der Waals surface area contributed by atoms with E-state index in [-0.39, 0.29) is 15.7 Å². The number of benzene rings is 2. The van der Waals surface area contributed by atoms with Crippen molar-refractivity contribution in [2.45, 2.75) is 18.7 Å². The molecule has 0 aliphatic heterocycles. The van der Waals surface area contributed by atoms with E-state index in [0.29, 0.717) is 0 Å². The van der Waals surface area contributed by atoms with Gasteiger partial charge in [0.05, 0.1) is 9.85 Å². The predicted octanol–water partition coefficient (Wildman–Crippen LogP) is 5.58. The van der Waals surface area contributed by atoms with Gasteiger partial charge in [-0.25, -0.2) is 4.39 Å². The second-order valence-corrected chi connectivity index (χ2v) is 5.70. The van der Waals surface area contributed by atoms with Crippen molar-refractivity contribution in [3.63, 3.8) is 0 Å². The molecule has 0 heterocycles. The van der Waals surface area contributed by atoms with Gasteiger partial charge in [-0.2, -0.15) is 0 Å². The molecule has 0 fully saturated rings. The summed E-state index contributed by atoms with van der Waals surface area (Å²) < 4.78 is 13.4. The summed E-state index contributed by atoms with van der Waals surface area (Å²) in [5.41, 5.74) is 4.45. The van der Waals surface area contributed by atoms with E-state index in [2.05, 4.69) is 41.9 Å². The lowest BCUT2D eigenvalue weighted by Crippen LogP contribution is -1.95. The van der Waals surface area contributed by atoms with E-state index in [9.17, 15) is 4.39 Å². The molecule has 0 amide bonds. The molecule has 0 bridgehead atoms. The Kier molecular flexibility index (Phi) is 4.08. The van der Waals surface area contributed by atoms with Gasteiger partial charge >= 0.3 is 0 Å². The van der Waals surface area contributed by atoms with Gasteiger partial charge < -0.3 is 0 Å². The first kappa shape index (κ1) is 13.6. The molecule has 0 N–H and O–H groups in total. The maximum atomic E-state index is 13.4. The van der Waals surface area contributed by atoms with Gasteiger partial charge in [-0.15, -0.1) is 0 Å². The van der Waals surface area contributed by atoms with Crippen molar-refractivity contribution in [1.29, 1.82) is 0 Å². The summed E-state index contributed by atoms with van der Waals surface area (Å²) in [5, 5.41) is 0.151. The quantitative estimate of drug-likeness (QED) is 0.632. The number of alkyl halides is 1. The second-order valence-electron chi connectivity index (χ2n) is 4.38. The Morgan fingerprint density at radius 3 is 2.22 bits per heavy atom. The molecule has 94 valence electrons. The van der Waals surface area contributed by atoms with Gasteiger partial charge in [0, 0.05) is 0 Å². The molecule has 2 aromatic carbocycles. The zero-order valence-corrected chi connectivity index (χ0v) is 12.5. The molecule has 0 aliphatic carbocycles. The standard InChI is InChI=1S/C15H13BrClF/c1-9-3-4-11(7-10(9)2)15(16)12-5-6-13(17)14(18)8-12/h3-8,15H,1-2H3. The van der Waals surface area contributed by atoms with Crippen LogP contribution in [0.5, 0.6) is 0 Å². The first-order valence-electron chi connectivity index (χ1n) is 5.65. The molecule has 2 aromatic rings. The van der Waals surface area contributed by atoms with Crippen LogP contribution >= 0.6 is 27.5 Å². The minimum absolute atomic E-state index is 0.0245. The topological polar surface area (TPSA) is 0 Å². The Bertz CT molecular complexity index is 529. The average molecular weight is 328 g/mol. The highest BCUT2D eigenvalue weighted by Crippen LogP contribution is 2.33. The van der Waals surface area contributed by atoms with Crippen LogP contribution in [-0.2, 0) is 0 Å². The molecule has 0 spiro atoms. The highest BCUT2D eigenvalue weighted by atomic mass is 79.9. The number of rotatable bonds is 2. The van der Waals surface area contributed by atoms with E-state index in [1.54, 1.807) is 6.07 Å². The zero-order valence-electron chi connectivity index (χ0n) is 10.2. The molecule has 0 aromatic heterocycles. The summed E-state index contributed by atoms with van der Waals surface area (Å²) in [6.07, 6.45) is 0. The molecular weight excluding hydrogens is 315 g/mol. The molecule has 2 rings (SSSR count). The van der Waals surface area contributed by atoms with Gasteiger partial charge in [-0.1, -0.05) is 51.8 Å². The number of aryl methyl sites for hydroxylation is 2. The van der Waals surface area contributed by atoms with Crippen LogP contribution < -0.4 is 0 Å². The van der Waals surface area contributed by atoms with Gasteiger partial charge in [0.1, 0.15) is 5.82 Å². The number of halogens is 3. The first-order chi connectivity index (χ1) is 8.49. The van der Waals surface area contributed by atoms with Crippen LogP contribution in [0.1, 0.15) is 27.1 Å². The third-order valence-electron chi connectivity index (χ3n) is 3.06. The normalized spacial score (nSPS) is 12.5. The highest BCUT2D eigenvalue weighted by Gasteiger charge is 2.12. The van der Waals surface area contributed by atoms with Crippen molar-refractivity contribution in [3.05, 3.63) is 69.5 Å². The molecule has 18 heavy (non-hydrogen) atoms. The number of hydrogen-bond acceptors (Lipinski definition) is 0. The van der Waals surface area contributed by atoms with E-state index in [1.807, 2.05) is 12.1 Å². The minimum atomic E-state index is -0.387. The maximum absolute atomic E-state index is 13.4. The van der Waals surface area contributed by atoms with Crippen molar-refractivity contribution in [3.8, 4) is 0 Å². The first-order valence-corrected chi connectivity index (χ1v) is 6.94. The Labute approximate surface area is 120 Å². The van der Waals surface area contributed by atoms with Crippen LogP contribution in [0.25, 0.3) is 0 Å². The van der Waals surface area contributed by atoms with E-state index in [4.69, 9.17) is 11.6 Å². The van der Waals surface area contributed by atoms with Crippen LogP contribution in [0.3, 0.4) is 0 Å². The fraction of sp³-hybridized carbons (Fsp3) is 0.200. The fourth-order valence-electron chi connectivity index (χ4n) is 1.78. The summed E-state index contributed by atoms with van der Waals surface area (Å²) in [4.78, 5) is -0.0245. The summed E-state index contributed by atoms with van der Waals surface area (Å²) in [7, 11) is 0. The largest absolute Gasteiger partial charge is 0.205 e. The van der Waals surface area contributed by atoms with Gasteiger partial charge in [-0.05, 0) is 48.2 Å². The minimum Gasteiger partial charge on any atom is -0.205 e. The van der Waals surface area contributed by atoms with E-state index < -0.39 is 0 Å². The Hall–Kier alpha value is -0.860. The third-order valence-corrected chi connectivity index (χ3v) is 4.42. The fourth-order valence-corrected chi connectivity index (χ4v) is 2.47. The lowest BCUT2D eigenvalue weighted by molar-refractivity contribution is 0.626. The maximum Gasteiger partial charge on any atom is 0.142 e. The molecule has 1 unspecified atom stereocenters. The van der Waals surface area contributed by atoms with Crippen LogP contribution in [0.15, 0.2) is 36.4 Å². The summed E-state index contributed by atoms with van der Waals surface area (Å²) >= 11 is 9.29. The lowest BCUT2D eigenvalue weighted by Gasteiger charge is -2.13. The van der Waals surface area contributed by atoms with Crippen molar-refractivity contribution in [2.75, 3.05) is 0 Å². The summed E-state index contributed by atoms with van der Waals surface area (Å²) in [6.45, 7) is 4.14. The van der Waals surface area contributed by atoms with Gasteiger partial charge in [-0.3, -0.25) is 0 Å². The number of hydrogen-bond donors (Lipinski definition) is 0. The molecule has 0 radical (unpaired) electrons. The Morgan fingerprint density at radius 1 is 1.00 bits per heavy atom. The SMILES string of the molecule is Cc1ccc(C(Br)c2ccc(Cl)c(F)c2)cc1C. The average Bonchev–Trinajstić information content (AvgIpc) is 2.35. The van der Waals surface area contributed by atoms with Gasteiger partial charge in [0.2, 0.25) is 0 Å². The Balaban J connectivity index is 2.37. The molecule has 1 atom stereocenters. The van der Waals surface area contributed by atoms with Crippen molar-refractivity contribution < 1.29 is 4.39 Å². The molecule has 0 saturated carbocycles. The molecule has 3 heteroatoms. The van der Waals surface area contributed by atoms with Crippen LogP contribution in [0.4, 0.5) is 4.39 Å². The summed E-state index contributed by atoms with van der Waals surface area (Å²) in [5.74, 6) is -0.387. The second kappa shape index (κ2) is 5.41. The molecule has 0 saturated heterocycles. The van der Waals surface area contributed by atoms with Crippen LogP contribution in [-0.4, -0.2) is 0 Å². The molecule has 0 nitrogen and oxygen atoms in total. The predicted molar refractivity (Wildman–Crippen MR) is 78.1 cm³/mol.